The van der Waals surface area contributed by atoms with Crippen LogP contribution in [0.2, 0.25) is 10.0 Å². The van der Waals surface area contributed by atoms with E-state index in [1.807, 2.05) is 0 Å². The molecule has 0 spiro atoms. The van der Waals surface area contributed by atoms with Gasteiger partial charge >= 0.3 is 0 Å². The molecule has 9 nitrogen and oxygen atoms in total. The van der Waals surface area contributed by atoms with E-state index in [0.717, 1.165) is 16.4 Å². The van der Waals surface area contributed by atoms with Gasteiger partial charge in [-0.2, -0.15) is 0 Å². The molecule has 224 valence electrons. The highest BCUT2D eigenvalue weighted by Gasteiger charge is 2.33. The van der Waals surface area contributed by atoms with Crippen LogP contribution in [-0.4, -0.2) is 57.0 Å². The number of carbonyl (C=O) groups is 2. The Labute approximate surface area is 254 Å². The average molecular weight is 639 g/mol. The molecule has 0 saturated carbocycles. The van der Waals surface area contributed by atoms with E-state index < -0.39 is 40.2 Å². The molecule has 42 heavy (non-hydrogen) atoms. The van der Waals surface area contributed by atoms with Crippen LogP contribution >= 0.6 is 23.2 Å². The molecule has 2 amide bonds. The van der Waals surface area contributed by atoms with Crippen molar-refractivity contribution in [3.63, 3.8) is 0 Å². The number of fused-ring (bicyclic) bond motifs is 1. The summed E-state index contributed by atoms with van der Waals surface area (Å²) in [7, 11) is -4.40. The Morgan fingerprint density at radius 2 is 1.62 bits per heavy atom. The monoisotopic (exact) mass is 637 g/mol. The number of amides is 2. The Kier molecular flexibility index (Phi) is 9.85. The molecule has 1 aliphatic heterocycles. The Morgan fingerprint density at radius 1 is 0.952 bits per heavy atom. The second-order valence-electron chi connectivity index (χ2n) is 9.89. The molecule has 13 heteroatoms. The summed E-state index contributed by atoms with van der Waals surface area (Å²) in [4.78, 5) is 28.1. The van der Waals surface area contributed by atoms with Crippen LogP contribution in [0.3, 0.4) is 0 Å². The lowest BCUT2D eigenvalue weighted by atomic mass is 10.1. The number of hydrogen-bond acceptors (Lipinski definition) is 6. The summed E-state index contributed by atoms with van der Waals surface area (Å²) in [5, 5.41) is 3.44. The number of nitrogens with one attached hydrogen (secondary N) is 1. The van der Waals surface area contributed by atoms with Gasteiger partial charge in [0.25, 0.3) is 10.0 Å². The molecule has 0 aromatic heterocycles. The number of halogens is 3. The number of hydrogen-bond donors (Lipinski definition) is 1. The van der Waals surface area contributed by atoms with E-state index >= 15 is 0 Å². The number of sulfonamides is 1. The first kappa shape index (κ1) is 31.4. The maximum absolute atomic E-state index is 14.0. The van der Waals surface area contributed by atoms with Crippen LogP contribution in [0, 0.1) is 5.82 Å². The van der Waals surface area contributed by atoms with Gasteiger partial charge in [0.2, 0.25) is 11.8 Å². The Balaban J connectivity index is 1.74. The molecule has 4 rings (SSSR count). The third-order valence-corrected chi connectivity index (χ3v) is 8.81. The van der Waals surface area contributed by atoms with E-state index in [9.17, 15) is 22.4 Å². The van der Waals surface area contributed by atoms with E-state index in [2.05, 4.69) is 5.32 Å². The average Bonchev–Trinajstić information content (AvgIpc) is 2.95. The minimum atomic E-state index is -4.40. The highest BCUT2D eigenvalue weighted by Crippen LogP contribution is 2.34. The molecule has 1 heterocycles. The molecule has 0 saturated heterocycles. The van der Waals surface area contributed by atoms with Crippen molar-refractivity contribution in [2.45, 2.75) is 44.3 Å². The van der Waals surface area contributed by atoms with Crippen molar-refractivity contribution in [3.8, 4) is 11.5 Å². The van der Waals surface area contributed by atoms with Crippen LogP contribution in [0.15, 0.2) is 65.6 Å². The van der Waals surface area contributed by atoms with E-state index in [4.69, 9.17) is 32.7 Å². The maximum atomic E-state index is 14.0. The molecule has 1 atom stereocenters. The number of ether oxygens (including phenoxy) is 2. The molecular weight excluding hydrogens is 608 g/mol. The first-order chi connectivity index (χ1) is 19.9. The Hall–Kier alpha value is -3.54. The van der Waals surface area contributed by atoms with E-state index in [1.54, 1.807) is 26.0 Å². The topological polar surface area (TPSA) is 105 Å². The van der Waals surface area contributed by atoms with Crippen molar-refractivity contribution >= 4 is 50.7 Å². The summed E-state index contributed by atoms with van der Waals surface area (Å²) >= 11 is 12.4. The van der Waals surface area contributed by atoms with Gasteiger partial charge in [0.05, 0.1) is 10.6 Å². The largest absolute Gasteiger partial charge is 0.486 e. The van der Waals surface area contributed by atoms with Crippen molar-refractivity contribution in [2.75, 3.05) is 24.1 Å². The first-order valence-electron chi connectivity index (χ1n) is 13.1. The smallest absolute Gasteiger partial charge is 0.264 e. The van der Waals surface area contributed by atoms with Crippen LogP contribution in [0.1, 0.15) is 26.3 Å². The minimum absolute atomic E-state index is 0.0448. The van der Waals surface area contributed by atoms with Crippen molar-refractivity contribution in [2.24, 2.45) is 0 Å². The predicted octanol–water partition coefficient (Wildman–Crippen LogP) is 5.04. The summed E-state index contributed by atoms with van der Waals surface area (Å²) in [6.45, 7) is 4.86. The Morgan fingerprint density at radius 3 is 2.26 bits per heavy atom. The van der Waals surface area contributed by atoms with E-state index in [0.29, 0.717) is 22.9 Å². The Bertz CT molecular complexity index is 1570. The molecule has 0 aliphatic carbocycles. The van der Waals surface area contributed by atoms with Crippen molar-refractivity contribution in [1.82, 2.24) is 10.2 Å². The normalized spacial score (nSPS) is 13.4. The van der Waals surface area contributed by atoms with Crippen LogP contribution < -0.4 is 19.1 Å². The van der Waals surface area contributed by atoms with Crippen LogP contribution in [-0.2, 0) is 26.2 Å². The van der Waals surface area contributed by atoms with Gasteiger partial charge in [0, 0.05) is 28.7 Å². The molecule has 1 N–H and O–H groups in total. The van der Waals surface area contributed by atoms with Gasteiger partial charge in [-0.25, -0.2) is 12.8 Å². The van der Waals surface area contributed by atoms with E-state index in [-0.39, 0.29) is 40.5 Å². The van der Waals surface area contributed by atoms with Gasteiger partial charge in [-0.1, -0.05) is 29.3 Å². The molecule has 1 aliphatic rings. The third kappa shape index (κ3) is 7.26. The van der Waals surface area contributed by atoms with Gasteiger partial charge in [-0.3, -0.25) is 13.9 Å². The van der Waals surface area contributed by atoms with Crippen LogP contribution in [0.25, 0.3) is 0 Å². The zero-order valence-corrected chi connectivity index (χ0v) is 25.5. The van der Waals surface area contributed by atoms with Gasteiger partial charge in [0.1, 0.15) is 31.6 Å². The number of benzene rings is 3. The first-order valence-corrected chi connectivity index (χ1v) is 15.3. The fourth-order valence-corrected chi connectivity index (χ4v) is 6.17. The fraction of sp³-hybridized carbons (Fsp3) is 0.310. The van der Waals surface area contributed by atoms with Gasteiger partial charge in [0.15, 0.2) is 11.5 Å². The van der Waals surface area contributed by atoms with Crippen LogP contribution in [0.4, 0.5) is 10.1 Å². The van der Waals surface area contributed by atoms with Gasteiger partial charge < -0.3 is 19.7 Å². The predicted molar refractivity (Wildman–Crippen MR) is 158 cm³/mol. The highest BCUT2D eigenvalue weighted by atomic mass is 35.5. The molecule has 0 fully saturated rings. The lowest BCUT2D eigenvalue weighted by molar-refractivity contribution is -0.139. The highest BCUT2D eigenvalue weighted by molar-refractivity contribution is 7.92. The molecule has 3 aromatic carbocycles. The lowest BCUT2D eigenvalue weighted by Gasteiger charge is -2.32. The molecule has 0 unspecified atom stereocenters. The standard InChI is InChI=1S/C29H30Cl2FN3O6S/c1-18(2)33-29(37)19(3)34(16-20-4-5-21(30)14-25(20)31)28(36)17-35(23-8-6-22(32)7-9-23)42(38,39)24-10-11-26-27(15-24)41-13-12-40-26/h4-11,14-15,18-19H,12-13,16-17H2,1-3H3,(H,33,37)/t19-/m1/s1. The van der Waals surface area contributed by atoms with Crippen molar-refractivity contribution < 1.29 is 31.9 Å². The SMILES string of the molecule is CC(C)NC(=O)[C@@H](C)N(Cc1ccc(Cl)cc1Cl)C(=O)CN(c1ccc(F)cc1)S(=O)(=O)c1ccc2c(c1)OCCO2. The zero-order valence-electron chi connectivity index (χ0n) is 23.1. The van der Waals surface area contributed by atoms with Gasteiger partial charge in [-0.05, 0) is 74.9 Å². The third-order valence-electron chi connectivity index (χ3n) is 6.45. The lowest BCUT2D eigenvalue weighted by Crippen LogP contribution is -2.52. The molecular formula is C29H30Cl2FN3O6S. The number of carbonyl (C=O) groups excluding carboxylic acids is 2. The number of rotatable bonds is 10. The fourth-order valence-electron chi connectivity index (χ4n) is 4.27. The summed E-state index contributed by atoms with van der Waals surface area (Å²) < 4.78 is 53.8. The molecule has 0 bridgehead atoms. The van der Waals surface area contributed by atoms with Crippen molar-refractivity contribution in [3.05, 3.63) is 82.1 Å². The molecule has 3 aromatic rings. The van der Waals surface area contributed by atoms with Crippen LogP contribution in [0.5, 0.6) is 11.5 Å². The maximum Gasteiger partial charge on any atom is 0.264 e. The second kappa shape index (κ2) is 13.2. The summed E-state index contributed by atoms with van der Waals surface area (Å²) in [5.74, 6) is -1.09. The zero-order chi connectivity index (χ0) is 30.6. The second-order valence-corrected chi connectivity index (χ2v) is 12.6. The summed E-state index contributed by atoms with van der Waals surface area (Å²) in [6.07, 6.45) is 0. The summed E-state index contributed by atoms with van der Waals surface area (Å²) in [5.41, 5.74) is 0.546. The molecule has 0 radical (unpaired) electrons. The summed E-state index contributed by atoms with van der Waals surface area (Å²) in [6, 6.07) is 12.4. The minimum Gasteiger partial charge on any atom is -0.486 e. The van der Waals surface area contributed by atoms with Crippen molar-refractivity contribution in [1.29, 1.82) is 0 Å². The number of anilines is 1. The number of nitrogens with zero attached hydrogens (tertiary/aromatic N) is 2. The quantitative estimate of drug-likeness (QED) is 0.334. The van der Waals surface area contributed by atoms with E-state index in [1.165, 1.54) is 48.2 Å². The van der Waals surface area contributed by atoms with Gasteiger partial charge in [-0.15, -0.1) is 0 Å².